The van der Waals surface area contributed by atoms with E-state index in [-0.39, 0.29) is 17.6 Å². The molecule has 0 spiro atoms. The maximum Gasteiger partial charge on any atom is 0.251 e. The first-order valence-corrected chi connectivity index (χ1v) is 11.1. The second-order valence-corrected chi connectivity index (χ2v) is 8.48. The maximum atomic E-state index is 12.2. The largest absolute Gasteiger partial charge is 0.360 e. The van der Waals surface area contributed by atoms with Crippen molar-refractivity contribution in [2.45, 2.75) is 24.6 Å². The molecule has 154 valence electrons. The number of halogens is 1. The number of nitrogens with zero attached hydrogens (tertiary/aromatic N) is 1. The lowest BCUT2D eigenvalue weighted by atomic mass is 10.1. The van der Waals surface area contributed by atoms with Gasteiger partial charge in [0.15, 0.2) is 0 Å². The molecule has 30 heavy (non-hydrogen) atoms. The minimum atomic E-state index is -0.141. The number of anilines is 1. The van der Waals surface area contributed by atoms with Gasteiger partial charge in [-0.25, -0.2) is 0 Å². The predicted molar refractivity (Wildman–Crippen MR) is 119 cm³/mol. The number of thioether (sulfide) groups is 1. The molecule has 0 saturated heterocycles. The molecular formula is C22H20ClN3O3S. The fourth-order valence-electron chi connectivity index (χ4n) is 2.81. The fourth-order valence-corrected chi connectivity index (χ4v) is 3.64. The van der Waals surface area contributed by atoms with Crippen molar-refractivity contribution in [3.8, 4) is 11.3 Å². The summed E-state index contributed by atoms with van der Waals surface area (Å²) in [5.41, 5.74) is 2.80. The number of aromatic nitrogens is 1. The zero-order valence-corrected chi connectivity index (χ0v) is 17.6. The van der Waals surface area contributed by atoms with Crippen LogP contribution in [0.5, 0.6) is 0 Å². The van der Waals surface area contributed by atoms with E-state index >= 15 is 0 Å². The van der Waals surface area contributed by atoms with Gasteiger partial charge in [-0.05, 0) is 43.2 Å². The molecule has 1 saturated carbocycles. The van der Waals surface area contributed by atoms with Crippen molar-refractivity contribution >= 4 is 40.9 Å². The Bertz CT molecular complexity index is 1050. The second kappa shape index (κ2) is 9.36. The molecule has 1 fully saturated rings. The molecule has 6 nitrogen and oxygen atoms in total. The van der Waals surface area contributed by atoms with Crippen LogP contribution < -0.4 is 10.6 Å². The molecule has 1 aliphatic rings. The first kappa shape index (κ1) is 20.5. The Morgan fingerprint density at radius 2 is 1.93 bits per heavy atom. The zero-order chi connectivity index (χ0) is 20.9. The number of rotatable bonds is 8. The molecule has 2 aromatic carbocycles. The summed E-state index contributed by atoms with van der Waals surface area (Å²) in [6, 6.07) is 16.5. The van der Waals surface area contributed by atoms with Crippen LogP contribution in [0.2, 0.25) is 5.02 Å². The van der Waals surface area contributed by atoms with Crippen LogP contribution in [0.15, 0.2) is 59.1 Å². The van der Waals surface area contributed by atoms with Gasteiger partial charge >= 0.3 is 0 Å². The van der Waals surface area contributed by atoms with Gasteiger partial charge in [0.25, 0.3) is 5.91 Å². The van der Waals surface area contributed by atoms with E-state index in [4.69, 9.17) is 16.1 Å². The molecule has 2 amide bonds. The molecule has 0 atom stereocenters. The Morgan fingerprint density at radius 3 is 2.70 bits per heavy atom. The average molecular weight is 442 g/mol. The van der Waals surface area contributed by atoms with E-state index in [1.165, 1.54) is 11.8 Å². The summed E-state index contributed by atoms with van der Waals surface area (Å²) in [5.74, 6) is 1.23. The highest BCUT2D eigenvalue weighted by atomic mass is 35.5. The van der Waals surface area contributed by atoms with E-state index in [1.54, 1.807) is 36.4 Å². The summed E-state index contributed by atoms with van der Waals surface area (Å²) in [7, 11) is 0. The van der Waals surface area contributed by atoms with Crippen LogP contribution in [0.1, 0.15) is 29.0 Å². The van der Waals surface area contributed by atoms with Crippen LogP contribution in [-0.2, 0) is 10.5 Å². The van der Waals surface area contributed by atoms with Gasteiger partial charge in [-0.15, -0.1) is 11.8 Å². The average Bonchev–Trinajstić information content (AvgIpc) is 3.43. The first-order valence-electron chi connectivity index (χ1n) is 9.57. The third-order valence-corrected chi connectivity index (χ3v) is 5.70. The standard InChI is InChI=1S/C22H20ClN3O3S/c23-16-6-4-14(5-7-16)20-11-19(29-26-20)12-30-13-21(27)24-18-3-1-2-15(10-18)22(28)25-17-8-9-17/h1-7,10-11,17H,8-9,12-13H2,(H,24,27)(H,25,28). The molecule has 4 rings (SSSR count). The van der Waals surface area contributed by atoms with Gasteiger partial charge in [0.05, 0.1) is 11.5 Å². The van der Waals surface area contributed by atoms with E-state index in [0.29, 0.717) is 33.8 Å². The highest BCUT2D eigenvalue weighted by molar-refractivity contribution is 7.99. The lowest BCUT2D eigenvalue weighted by molar-refractivity contribution is -0.113. The van der Waals surface area contributed by atoms with Gasteiger partial charge in [0.2, 0.25) is 5.91 Å². The van der Waals surface area contributed by atoms with Crippen molar-refractivity contribution in [1.29, 1.82) is 0 Å². The Hall–Kier alpha value is -2.77. The molecule has 3 aromatic rings. The van der Waals surface area contributed by atoms with Gasteiger partial charge < -0.3 is 15.2 Å². The monoisotopic (exact) mass is 441 g/mol. The van der Waals surface area contributed by atoms with Crippen molar-refractivity contribution in [3.05, 3.63) is 70.9 Å². The van der Waals surface area contributed by atoms with Crippen LogP contribution in [0.25, 0.3) is 11.3 Å². The van der Waals surface area contributed by atoms with Crippen LogP contribution in [0.4, 0.5) is 5.69 Å². The van der Waals surface area contributed by atoms with Crippen molar-refractivity contribution in [3.63, 3.8) is 0 Å². The number of hydrogen-bond donors (Lipinski definition) is 2. The molecule has 0 unspecified atom stereocenters. The Labute approximate surface area is 183 Å². The lowest BCUT2D eigenvalue weighted by Crippen LogP contribution is -2.25. The predicted octanol–water partition coefficient (Wildman–Crippen LogP) is 4.76. The third-order valence-electron chi connectivity index (χ3n) is 4.50. The first-order chi connectivity index (χ1) is 14.6. The number of nitrogens with one attached hydrogen (secondary N) is 2. The van der Waals surface area contributed by atoms with E-state index < -0.39 is 0 Å². The van der Waals surface area contributed by atoms with E-state index in [0.717, 1.165) is 24.1 Å². The molecule has 1 heterocycles. The number of hydrogen-bond acceptors (Lipinski definition) is 5. The summed E-state index contributed by atoms with van der Waals surface area (Å²) in [4.78, 5) is 24.4. The summed E-state index contributed by atoms with van der Waals surface area (Å²) < 4.78 is 5.35. The van der Waals surface area contributed by atoms with Crippen molar-refractivity contribution in [1.82, 2.24) is 10.5 Å². The molecular weight excluding hydrogens is 422 g/mol. The Morgan fingerprint density at radius 1 is 1.13 bits per heavy atom. The van der Waals surface area contributed by atoms with Crippen molar-refractivity contribution in [2.75, 3.05) is 11.1 Å². The Kier molecular flexibility index (Phi) is 6.40. The molecule has 0 radical (unpaired) electrons. The van der Waals surface area contributed by atoms with Crippen LogP contribution in [0, 0.1) is 0 Å². The van der Waals surface area contributed by atoms with Crippen molar-refractivity contribution < 1.29 is 14.1 Å². The van der Waals surface area contributed by atoms with Gasteiger partial charge in [-0.1, -0.05) is 35.0 Å². The summed E-state index contributed by atoms with van der Waals surface area (Å²) in [6.07, 6.45) is 2.07. The normalized spacial score (nSPS) is 13.1. The Balaban J connectivity index is 1.25. The van der Waals surface area contributed by atoms with Crippen molar-refractivity contribution in [2.24, 2.45) is 0 Å². The van der Waals surface area contributed by atoms with Crippen LogP contribution in [-0.4, -0.2) is 28.8 Å². The zero-order valence-electron chi connectivity index (χ0n) is 16.1. The topological polar surface area (TPSA) is 84.2 Å². The smallest absolute Gasteiger partial charge is 0.251 e. The summed E-state index contributed by atoms with van der Waals surface area (Å²) >= 11 is 7.33. The van der Waals surface area contributed by atoms with Crippen LogP contribution in [0.3, 0.4) is 0 Å². The minimum Gasteiger partial charge on any atom is -0.360 e. The highest BCUT2D eigenvalue weighted by Gasteiger charge is 2.23. The molecule has 0 bridgehead atoms. The molecule has 0 aliphatic heterocycles. The molecule has 1 aromatic heterocycles. The fraction of sp³-hybridized carbons (Fsp3) is 0.227. The van der Waals surface area contributed by atoms with Gasteiger partial charge in [-0.3, -0.25) is 9.59 Å². The van der Waals surface area contributed by atoms with Gasteiger partial charge in [0.1, 0.15) is 11.5 Å². The minimum absolute atomic E-state index is 0.107. The summed E-state index contributed by atoms with van der Waals surface area (Å²) in [6.45, 7) is 0. The maximum absolute atomic E-state index is 12.2. The number of carbonyl (C=O) groups excluding carboxylic acids is 2. The molecule has 1 aliphatic carbocycles. The van der Waals surface area contributed by atoms with Gasteiger partial charge in [-0.2, -0.15) is 0 Å². The SMILES string of the molecule is O=C(CSCc1cc(-c2ccc(Cl)cc2)no1)Nc1cccc(C(=O)NC2CC2)c1. The van der Waals surface area contributed by atoms with E-state index in [1.807, 2.05) is 18.2 Å². The highest BCUT2D eigenvalue weighted by Crippen LogP contribution is 2.23. The molecule has 8 heteroatoms. The third kappa shape index (κ3) is 5.64. The van der Waals surface area contributed by atoms with Crippen LogP contribution >= 0.6 is 23.4 Å². The number of amides is 2. The summed E-state index contributed by atoms with van der Waals surface area (Å²) in [5, 5.41) is 10.5. The van der Waals surface area contributed by atoms with E-state index in [2.05, 4.69) is 15.8 Å². The number of carbonyl (C=O) groups is 2. The lowest BCUT2D eigenvalue weighted by Gasteiger charge is -2.07. The molecule has 2 N–H and O–H groups in total. The van der Waals surface area contributed by atoms with E-state index in [9.17, 15) is 9.59 Å². The second-order valence-electron chi connectivity index (χ2n) is 7.05. The number of benzene rings is 2. The van der Waals surface area contributed by atoms with Gasteiger partial charge in [0, 0.05) is 33.9 Å². The quantitative estimate of drug-likeness (QED) is 0.526.